The zero-order valence-corrected chi connectivity index (χ0v) is 19.5. The van der Waals surface area contributed by atoms with Gasteiger partial charge in [-0.25, -0.2) is 18.1 Å². The quantitative estimate of drug-likeness (QED) is 0.470. The summed E-state index contributed by atoms with van der Waals surface area (Å²) >= 11 is 0. The molecule has 1 heterocycles. The first-order valence-corrected chi connectivity index (χ1v) is 12.3. The van der Waals surface area contributed by atoms with Crippen molar-refractivity contribution in [2.45, 2.75) is 45.7 Å². The number of benzene rings is 1. The number of nitrogens with zero attached hydrogens (tertiary/aromatic N) is 4. The standard InChI is InChI=1S/C21H36N6O2S/c1-5-27(6-2)15-10-16-30(28,29)25-19(14-13-18-11-8-7-9-12-18)21-23-20(17-22-3)26(4)24-21/h7-9,11-12,19,22,25H,5-6,10,13-17H2,1-4H3/t19-/m1/s1. The molecule has 0 aliphatic heterocycles. The number of hydrogen-bond donors (Lipinski definition) is 2. The summed E-state index contributed by atoms with van der Waals surface area (Å²) in [6.45, 7) is 7.38. The van der Waals surface area contributed by atoms with E-state index in [1.807, 2.05) is 44.4 Å². The minimum absolute atomic E-state index is 0.0988. The highest BCUT2D eigenvalue weighted by atomic mass is 32.2. The van der Waals surface area contributed by atoms with Crippen molar-refractivity contribution in [3.8, 4) is 0 Å². The second-order valence-electron chi connectivity index (χ2n) is 7.43. The molecular weight excluding hydrogens is 400 g/mol. The van der Waals surface area contributed by atoms with Crippen LogP contribution in [0.25, 0.3) is 0 Å². The van der Waals surface area contributed by atoms with Crippen molar-refractivity contribution in [2.75, 3.05) is 32.4 Å². The maximum absolute atomic E-state index is 12.8. The molecule has 0 aliphatic rings. The molecule has 0 bridgehead atoms. The first-order chi connectivity index (χ1) is 14.4. The SMILES string of the molecule is CCN(CC)CCCS(=O)(=O)N[C@H](CCc1ccccc1)c1nc(CNC)n(C)n1. The summed E-state index contributed by atoms with van der Waals surface area (Å²) in [5.74, 6) is 1.39. The van der Waals surface area contributed by atoms with Crippen molar-refractivity contribution in [3.63, 3.8) is 0 Å². The van der Waals surface area contributed by atoms with Crippen molar-refractivity contribution in [2.24, 2.45) is 7.05 Å². The van der Waals surface area contributed by atoms with Gasteiger partial charge < -0.3 is 10.2 Å². The molecule has 2 N–H and O–H groups in total. The summed E-state index contributed by atoms with van der Waals surface area (Å²) in [5, 5.41) is 7.56. The van der Waals surface area contributed by atoms with Crippen LogP contribution < -0.4 is 10.0 Å². The Hall–Kier alpha value is -1.81. The summed E-state index contributed by atoms with van der Waals surface area (Å²) in [4.78, 5) is 6.81. The average molecular weight is 437 g/mol. The zero-order chi connectivity index (χ0) is 22.0. The van der Waals surface area contributed by atoms with Crippen LogP contribution >= 0.6 is 0 Å². The van der Waals surface area contributed by atoms with Crippen LogP contribution in [0.5, 0.6) is 0 Å². The largest absolute Gasteiger partial charge is 0.313 e. The fourth-order valence-corrected chi connectivity index (χ4v) is 4.67. The maximum atomic E-state index is 12.8. The molecule has 30 heavy (non-hydrogen) atoms. The molecular formula is C21H36N6O2S. The van der Waals surface area contributed by atoms with Gasteiger partial charge in [0.2, 0.25) is 10.0 Å². The molecule has 168 valence electrons. The van der Waals surface area contributed by atoms with Crippen LogP contribution in [-0.4, -0.2) is 60.5 Å². The van der Waals surface area contributed by atoms with Gasteiger partial charge in [0.15, 0.2) is 5.82 Å². The average Bonchev–Trinajstić information content (AvgIpc) is 3.10. The second kappa shape index (κ2) is 12.1. The Bertz CT molecular complexity index is 850. The van der Waals surface area contributed by atoms with Crippen LogP contribution in [0.3, 0.4) is 0 Å². The van der Waals surface area contributed by atoms with Gasteiger partial charge in [0, 0.05) is 7.05 Å². The lowest BCUT2D eigenvalue weighted by molar-refractivity contribution is 0.304. The van der Waals surface area contributed by atoms with Crippen LogP contribution in [0.15, 0.2) is 30.3 Å². The van der Waals surface area contributed by atoms with Crippen LogP contribution in [0, 0.1) is 0 Å². The lowest BCUT2D eigenvalue weighted by Gasteiger charge is -2.19. The molecule has 1 aromatic heterocycles. The molecule has 2 rings (SSSR count). The molecule has 8 nitrogen and oxygen atoms in total. The van der Waals surface area contributed by atoms with E-state index in [1.54, 1.807) is 4.68 Å². The van der Waals surface area contributed by atoms with E-state index in [-0.39, 0.29) is 5.75 Å². The molecule has 1 atom stereocenters. The topological polar surface area (TPSA) is 92.1 Å². The maximum Gasteiger partial charge on any atom is 0.212 e. The first-order valence-electron chi connectivity index (χ1n) is 10.7. The number of aromatic nitrogens is 3. The van der Waals surface area contributed by atoms with E-state index in [0.717, 1.165) is 37.4 Å². The summed E-state index contributed by atoms with van der Waals surface area (Å²) < 4.78 is 30.2. The Morgan fingerprint density at radius 3 is 2.50 bits per heavy atom. The predicted molar refractivity (Wildman–Crippen MR) is 121 cm³/mol. The van der Waals surface area contributed by atoms with Crippen LogP contribution in [-0.2, 0) is 30.0 Å². The number of nitrogens with one attached hydrogen (secondary N) is 2. The summed E-state index contributed by atoms with van der Waals surface area (Å²) in [6.07, 6.45) is 1.94. The normalized spacial score (nSPS) is 13.1. The van der Waals surface area contributed by atoms with Crippen molar-refractivity contribution in [3.05, 3.63) is 47.5 Å². The van der Waals surface area contributed by atoms with E-state index < -0.39 is 16.1 Å². The minimum atomic E-state index is -3.44. The Balaban J connectivity index is 2.10. The monoisotopic (exact) mass is 436 g/mol. The van der Waals surface area contributed by atoms with Crippen molar-refractivity contribution in [1.82, 2.24) is 29.7 Å². The fourth-order valence-electron chi connectivity index (χ4n) is 3.39. The van der Waals surface area contributed by atoms with Crippen LogP contribution in [0.2, 0.25) is 0 Å². The molecule has 2 aromatic rings. The molecule has 0 saturated heterocycles. The molecule has 0 radical (unpaired) electrons. The van der Waals surface area contributed by atoms with Crippen LogP contribution in [0.1, 0.15) is 49.9 Å². The van der Waals surface area contributed by atoms with Crippen molar-refractivity contribution < 1.29 is 8.42 Å². The van der Waals surface area contributed by atoms with E-state index >= 15 is 0 Å². The minimum Gasteiger partial charge on any atom is -0.313 e. The zero-order valence-electron chi connectivity index (χ0n) is 18.6. The van der Waals surface area contributed by atoms with Gasteiger partial charge in [-0.15, -0.1) is 0 Å². The van der Waals surface area contributed by atoms with Gasteiger partial charge in [0.1, 0.15) is 5.82 Å². The molecule has 0 saturated carbocycles. The van der Waals surface area contributed by atoms with Gasteiger partial charge in [0.25, 0.3) is 0 Å². The van der Waals surface area contributed by atoms with Crippen molar-refractivity contribution in [1.29, 1.82) is 0 Å². The Kier molecular flexibility index (Phi) is 9.90. The van der Waals surface area contributed by atoms with E-state index in [2.05, 4.69) is 38.9 Å². The number of aryl methyl sites for hydroxylation is 2. The highest BCUT2D eigenvalue weighted by Crippen LogP contribution is 2.18. The Labute approximate surface area is 181 Å². The van der Waals surface area contributed by atoms with Crippen LogP contribution in [0.4, 0.5) is 0 Å². The van der Waals surface area contributed by atoms with Gasteiger partial charge >= 0.3 is 0 Å². The van der Waals surface area contributed by atoms with Gasteiger partial charge in [0.05, 0.1) is 18.3 Å². The molecule has 0 unspecified atom stereocenters. The molecule has 0 spiro atoms. The third-order valence-electron chi connectivity index (χ3n) is 5.18. The third-order valence-corrected chi connectivity index (χ3v) is 6.65. The summed E-state index contributed by atoms with van der Waals surface area (Å²) in [7, 11) is 0.234. The summed E-state index contributed by atoms with van der Waals surface area (Å²) in [6, 6.07) is 9.60. The second-order valence-corrected chi connectivity index (χ2v) is 9.31. The molecule has 1 aromatic carbocycles. The third kappa shape index (κ3) is 7.79. The van der Waals surface area contributed by atoms with Gasteiger partial charge in [-0.2, -0.15) is 5.10 Å². The van der Waals surface area contributed by atoms with E-state index in [1.165, 1.54) is 0 Å². The fraction of sp³-hybridized carbons (Fsp3) is 0.619. The predicted octanol–water partition coefficient (Wildman–Crippen LogP) is 1.86. The van der Waals surface area contributed by atoms with Gasteiger partial charge in [-0.05, 0) is 51.5 Å². The lowest BCUT2D eigenvalue weighted by Crippen LogP contribution is -2.33. The highest BCUT2D eigenvalue weighted by Gasteiger charge is 2.24. The van der Waals surface area contributed by atoms with E-state index in [0.29, 0.717) is 25.2 Å². The molecule has 0 aliphatic carbocycles. The first kappa shape index (κ1) is 24.5. The van der Waals surface area contributed by atoms with Gasteiger partial charge in [-0.3, -0.25) is 4.68 Å². The molecule has 0 amide bonds. The number of sulfonamides is 1. The highest BCUT2D eigenvalue weighted by molar-refractivity contribution is 7.89. The Morgan fingerprint density at radius 2 is 1.87 bits per heavy atom. The molecule has 9 heteroatoms. The molecule has 0 fully saturated rings. The lowest BCUT2D eigenvalue weighted by atomic mass is 10.1. The summed E-state index contributed by atoms with van der Waals surface area (Å²) in [5.41, 5.74) is 1.16. The Morgan fingerprint density at radius 1 is 1.17 bits per heavy atom. The van der Waals surface area contributed by atoms with E-state index in [4.69, 9.17) is 0 Å². The number of hydrogen-bond acceptors (Lipinski definition) is 6. The van der Waals surface area contributed by atoms with Gasteiger partial charge in [-0.1, -0.05) is 44.2 Å². The number of rotatable bonds is 14. The van der Waals surface area contributed by atoms with E-state index in [9.17, 15) is 8.42 Å². The van der Waals surface area contributed by atoms with Crippen molar-refractivity contribution >= 4 is 10.0 Å². The smallest absolute Gasteiger partial charge is 0.212 e.